The van der Waals surface area contributed by atoms with Crippen molar-refractivity contribution in [3.63, 3.8) is 0 Å². The maximum absolute atomic E-state index is 8.36. The van der Waals surface area contributed by atoms with Crippen LogP contribution < -0.4 is 5.73 Å². The van der Waals surface area contributed by atoms with E-state index in [1.165, 1.54) is 6.19 Å². The van der Waals surface area contributed by atoms with E-state index in [1.807, 2.05) is 0 Å². The van der Waals surface area contributed by atoms with E-state index < -0.39 is 0 Å². The average molecular weight is 88.1 g/mol. The number of hydrogen-bond donors (Lipinski definition) is 2. The first-order chi connectivity index (χ1) is 2.83. The molecule has 0 heterocycles. The quantitative estimate of drug-likeness (QED) is 0.229. The lowest BCUT2D eigenvalue weighted by molar-refractivity contribution is -0.122. The Labute approximate surface area is 34.8 Å². The van der Waals surface area contributed by atoms with Gasteiger partial charge < -0.3 is 10.8 Å². The first-order valence-electron chi connectivity index (χ1n) is 1.01. The van der Waals surface area contributed by atoms with E-state index in [-0.39, 0.29) is 6.47 Å². The van der Waals surface area contributed by atoms with Gasteiger partial charge >= 0.3 is 0 Å². The standard InChI is InChI=1S/CH2N2.CH2O2/c2*2-1-3/h2H2;1H,(H,2,3). The minimum absolute atomic E-state index is 0.250. The van der Waals surface area contributed by atoms with Crippen LogP contribution in [0.15, 0.2) is 0 Å². The van der Waals surface area contributed by atoms with Crippen molar-refractivity contribution in [1.29, 1.82) is 5.26 Å². The van der Waals surface area contributed by atoms with Crippen molar-refractivity contribution in [2.75, 3.05) is 0 Å². The van der Waals surface area contributed by atoms with Gasteiger partial charge in [-0.2, -0.15) is 5.26 Å². The van der Waals surface area contributed by atoms with Gasteiger partial charge in [-0.25, -0.2) is 0 Å². The van der Waals surface area contributed by atoms with Gasteiger partial charge in [0.25, 0.3) is 6.47 Å². The molecule has 0 aliphatic carbocycles. The second-order valence-corrected chi connectivity index (χ2v) is 0.235. The Hall–Kier alpha value is -1.24. The number of carboxylic acid groups (broad SMARTS) is 1. The van der Waals surface area contributed by atoms with Crippen LogP contribution in [-0.4, -0.2) is 11.6 Å². The maximum atomic E-state index is 8.36. The summed E-state index contributed by atoms with van der Waals surface area (Å²) in [6, 6.07) is 0. The Kier molecular flexibility index (Phi) is 73.0. The zero-order valence-electron chi connectivity index (χ0n) is 2.96. The molecule has 4 nitrogen and oxygen atoms in total. The van der Waals surface area contributed by atoms with Crippen molar-refractivity contribution < 1.29 is 9.90 Å². The highest BCUT2D eigenvalue weighted by Crippen LogP contribution is 0.966. The van der Waals surface area contributed by atoms with Crippen LogP contribution >= 0.6 is 0 Å². The number of carbonyl (C=O) groups is 1. The molecule has 0 unspecified atom stereocenters. The van der Waals surface area contributed by atoms with E-state index in [1.54, 1.807) is 0 Å². The van der Waals surface area contributed by atoms with Crippen LogP contribution in [0.5, 0.6) is 0 Å². The average Bonchev–Trinajstić information content (AvgIpc) is 1.39. The summed E-state index contributed by atoms with van der Waals surface area (Å²) in [5, 5.41) is 14.0. The molecule has 0 rings (SSSR count). The molecule has 0 atom stereocenters. The highest BCUT2D eigenvalue weighted by molar-refractivity contribution is 5.32. The molecule has 0 aromatic rings. The molecule has 0 spiro atoms. The third-order valence-corrected chi connectivity index (χ3v) is 0. The summed E-state index contributed by atoms with van der Waals surface area (Å²) in [6.45, 7) is -0.250. The molecule has 0 fully saturated rings. The summed E-state index contributed by atoms with van der Waals surface area (Å²) < 4.78 is 0. The first-order valence-corrected chi connectivity index (χ1v) is 1.01. The van der Waals surface area contributed by atoms with E-state index in [2.05, 4.69) is 5.73 Å². The van der Waals surface area contributed by atoms with Gasteiger partial charge in [-0.3, -0.25) is 4.79 Å². The van der Waals surface area contributed by atoms with Crippen molar-refractivity contribution >= 4 is 6.47 Å². The topological polar surface area (TPSA) is 87.1 Å². The molecule has 0 radical (unpaired) electrons. The fourth-order valence-electron chi connectivity index (χ4n) is 0. The number of hydrogen-bond acceptors (Lipinski definition) is 3. The molecule has 0 saturated carbocycles. The minimum atomic E-state index is -0.250. The van der Waals surface area contributed by atoms with Crippen molar-refractivity contribution in [3.8, 4) is 6.19 Å². The molecule has 3 N–H and O–H groups in total. The Balaban J connectivity index is 0. The predicted octanol–water partition coefficient (Wildman–Crippen LogP) is -0.873. The molecule has 0 amide bonds. The maximum Gasteiger partial charge on any atom is 0.290 e. The molecule has 6 heavy (non-hydrogen) atoms. The summed E-state index contributed by atoms with van der Waals surface area (Å²) >= 11 is 0. The third kappa shape index (κ3) is 5.56. The van der Waals surface area contributed by atoms with Crippen LogP contribution in [0.1, 0.15) is 0 Å². The summed E-state index contributed by atoms with van der Waals surface area (Å²) in [5.74, 6) is 0. The summed E-state index contributed by atoms with van der Waals surface area (Å²) in [6.07, 6.45) is 1.25. The highest BCUT2D eigenvalue weighted by atomic mass is 16.3. The second-order valence-electron chi connectivity index (χ2n) is 0.235. The molecular weight excluding hydrogens is 84.0 g/mol. The van der Waals surface area contributed by atoms with E-state index in [0.717, 1.165) is 0 Å². The zero-order valence-corrected chi connectivity index (χ0v) is 2.96. The van der Waals surface area contributed by atoms with E-state index >= 15 is 0 Å². The van der Waals surface area contributed by atoms with Crippen LogP contribution in [0.25, 0.3) is 0 Å². The second kappa shape index (κ2) is 49.6. The van der Waals surface area contributed by atoms with Gasteiger partial charge in [0.2, 0.25) is 0 Å². The van der Waals surface area contributed by atoms with Crippen LogP contribution in [0.2, 0.25) is 0 Å². The van der Waals surface area contributed by atoms with Crippen molar-refractivity contribution in [3.05, 3.63) is 0 Å². The normalized spacial score (nSPS) is 3.17. The Morgan fingerprint density at radius 3 is 2.00 bits per heavy atom. The molecule has 0 aromatic carbocycles. The molecule has 34 valence electrons. The number of rotatable bonds is 0. The van der Waals surface area contributed by atoms with Crippen LogP contribution in [0, 0.1) is 11.5 Å². The fraction of sp³-hybridized carbons (Fsp3) is 0. The predicted molar refractivity (Wildman–Crippen MR) is 18.5 cm³/mol. The molecular formula is C2H4N2O2. The lowest BCUT2D eigenvalue weighted by Crippen LogP contribution is -1.69. The summed E-state index contributed by atoms with van der Waals surface area (Å²) in [4.78, 5) is 8.36. The fourth-order valence-corrected chi connectivity index (χ4v) is 0. The lowest BCUT2D eigenvalue weighted by atomic mass is 11.5. The van der Waals surface area contributed by atoms with Gasteiger partial charge in [0.05, 0.1) is 0 Å². The molecule has 0 saturated heterocycles. The van der Waals surface area contributed by atoms with Crippen molar-refractivity contribution in [2.24, 2.45) is 5.73 Å². The van der Waals surface area contributed by atoms with Gasteiger partial charge in [0.15, 0.2) is 6.19 Å². The molecule has 0 aliphatic rings. The van der Waals surface area contributed by atoms with E-state index in [9.17, 15) is 0 Å². The monoisotopic (exact) mass is 88.0 g/mol. The molecule has 0 aromatic heterocycles. The van der Waals surface area contributed by atoms with Crippen molar-refractivity contribution in [1.82, 2.24) is 0 Å². The summed E-state index contributed by atoms with van der Waals surface area (Å²) in [5.41, 5.74) is 4.15. The first kappa shape index (κ1) is 8.83. The highest BCUT2D eigenvalue weighted by Gasteiger charge is 1.22. The minimum Gasteiger partial charge on any atom is -0.483 e. The zero-order chi connectivity index (χ0) is 5.41. The Bertz CT molecular complexity index is 55.1. The van der Waals surface area contributed by atoms with Crippen LogP contribution in [-0.2, 0) is 4.79 Å². The van der Waals surface area contributed by atoms with Gasteiger partial charge in [-0.05, 0) is 0 Å². The SMILES string of the molecule is N#CN.O=CO. The van der Waals surface area contributed by atoms with Crippen LogP contribution in [0.4, 0.5) is 0 Å². The third-order valence-electron chi connectivity index (χ3n) is 0. The molecule has 0 aliphatic heterocycles. The van der Waals surface area contributed by atoms with Crippen molar-refractivity contribution in [2.45, 2.75) is 0 Å². The number of nitrogens with two attached hydrogens (primary N) is 1. The molecule has 0 bridgehead atoms. The van der Waals surface area contributed by atoms with E-state index in [4.69, 9.17) is 15.2 Å². The van der Waals surface area contributed by atoms with Crippen LogP contribution in [0.3, 0.4) is 0 Å². The summed E-state index contributed by atoms with van der Waals surface area (Å²) in [7, 11) is 0. The van der Waals surface area contributed by atoms with E-state index in [0.29, 0.717) is 0 Å². The Morgan fingerprint density at radius 2 is 2.00 bits per heavy atom. The van der Waals surface area contributed by atoms with Gasteiger partial charge in [0, 0.05) is 0 Å². The number of nitriles is 1. The van der Waals surface area contributed by atoms with Gasteiger partial charge in [0.1, 0.15) is 0 Å². The van der Waals surface area contributed by atoms with Gasteiger partial charge in [-0.15, -0.1) is 0 Å². The number of nitrogens with zero attached hydrogens (tertiary/aromatic N) is 1. The molecule has 4 heteroatoms. The van der Waals surface area contributed by atoms with Gasteiger partial charge in [-0.1, -0.05) is 0 Å². The Morgan fingerprint density at radius 1 is 2.00 bits per heavy atom. The smallest absolute Gasteiger partial charge is 0.290 e. The largest absolute Gasteiger partial charge is 0.483 e. The lowest BCUT2D eigenvalue weighted by Gasteiger charge is -1.34.